The lowest BCUT2D eigenvalue weighted by molar-refractivity contribution is 0.0955. The number of rotatable bonds is 7. The van der Waals surface area contributed by atoms with Crippen molar-refractivity contribution >= 4 is 18.2 Å². The van der Waals surface area contributed by atoms with E-state index in [1.807, 2.05) is 55.8 Å². The second-order valence-corrected chi connectivity index (χ2v) is 8.19. The summed E-state index contributed by atoms with van der Waals surface area (Å²) in [7, 11) is 0. The van der Waals surface area contributed by atoms with Crippen molar-refractivity contribution < 1.29 is 4.79 Å². The van der Waals surface area contributed by atoms with Crippen molar-refractivity contribution in [1.29, 1.82) is 0 Å². The number of carbonyl (C=O) groups excluding carboxylic acids is 1. The SMILES string of the molecule is CC(C=NNC(=O)c1ccc(Cn2nc(C)cc2C)cc1)=Cc1ccc(C(C)C)cc1. The van der Waals surface area contributed by atoms with E-state index in [2.05, 4.69) is 59.8 Å². The summed E-state index contributed by atoms with van der Waals surface area (Å²) in [5, 5.41) is 8.56. The molecule has 0 saturated heterocycles. The first-order valence-electron chi connectivity index (χ1n) is 10.5. The number of nitrogens with zero attached hydrogens (tertiary/aromatic N) is 3. The molecule has 0 aliphatic rings. The molecule has 0 radical (unpaired) electrons. The number of benzene rings is 2. The lowest BCUT2D eigenvalue weighted by Gasteiger charge is -2.06. The monoisotopic (exact) mass is 414 g/mol. The lowest BCUT2D eigenvalue weighted by atomic mass is 10.0. The van der Waals surface area contributed by atoms with Gasteiger partial charge < -0.3 is 0 Å². The molecule has 0 fully saturated rings. The van der Waals surface area contributed by atoms with E-state index in [4.69, 9.17) is 0 Å². The Balaban J connectivity index is 1.55. The van der Waals surface area contributed by atoms with Gasteiger partial charge in [0.15, 0.2) is 0 Å². The number of carbonyl (C=O) groups is 1. The maximum absolute atomic E-state index is 12.4. The van der Waals surface area contributed by atoms with E-state index >= 15 is 0 Å². The summed E-state index contributed by atoms with van der Waals surface area (Å²) in [4.78, 5) is 12.4. The van der Waals surface area contributed by atoms with Crippen molar-refractivity contribution in [3.8, 4) is 0 Å². The molecule has 5 heteroatoms. The first-order valence-corrected chi connectivity index (χ1v) is 10.5. The van der Waals surface area contributed by atoms with Gasteiger partial charge in [-0.05, 0) is 67.2 Å². The topological polar surface area (TPSA) is 59.3 Å². The van der Waals surface area contributed by atoms with Crippen LogP contribution >= 0.6 is 0 Å². The second kappa shape index (κ2) is 10.0. The Labute approximate surface area is 184 Å². The zero-order valence-corrected chi connectivity index (χ0v) is 18.9. The lowest BCUT2D eigenvalue weighted by Crippen LogP contribution is -2.17. The standard InChI is InChI=1S/C26H30N4O/c1-18(2)24-10-6-22(7-11-24)14-19(3)16-27-28-26(31)25-12-8-23(9-13-25)17-30-21(5)15-20(4)29-30/h6-16,18H,17H2,1-5H3,(H,28,31). The number of aryl methyl sites for hydroxylation is 2. The summed E-state index contributed by atoms with van der Waals surface area (Å²) in [6, 6.07) is 18.0. The highest BCUT2D eigenvalue weighted by Gasteiger charge is 2.06. The molecular formula is C26H30N4O. The zero-order chi connectivity index (χ0) is 22.4. The van der Waals surface area contributed by atoms with Gasteiger partial charge >= 0.3 is 0 Å². The van der Waals surface area contributed by atoms with Gasteiger partial charge in [0.2, 0.25) is 0 Å². The molecule has 0 saturated carbocycles. The molecule has 0 aliphatic heterocycles. The molecule has 1 N–H and O–H groups in total. The number of hydrazone groups is 1. The fourth-order valence-corrected chi connectivity index (χ4v) is 3.30. The van der Waals surface area contributed by atoms with E-state index in [1.54, 1.807) is 6.21 Å². The van der Waals surface area contributed by atoms with Gasteiger partial charge in [-0.25, -0.2) is 5.43 Å². The first kappa shape index (κ1) is 22.2. The van der Waals surface area contributed by atoms with Gasteiger partial charge in [-0.3, -0.25) is 9.48 Å². The van der Waals surface area contributed by atoms with Gasteiger partial charge in [-0.1, -0.05) is 56.3 Å². The third kappa shape index (κ3) is 6.25. The molecule has 1 aromatic heterocycles. The smallest absolute Gasteiger partial charge is 0.267 e. The van der Waals surface area contributed by atoms with E-state index in [9.17, 15) is 4.79 Å². The predicted molar refractivity (Wildman–Crippen MR) is 127 cm³/mol. The molecule has 3 rings (SSSR count). The Bertz CT molecular complexity index is 1090. The van der Waals surface area contributed by atoms with Crippen LogP contribution in [0, 0.1) is 13.8 Å². The summed E-state index contributed by atoms with van der Waals surface area (Å²) in [5.41, 5.74) is 9.76. The molecule has 0 atom stereocenters. The van der Waals surface area contributed by atoms with Crippen LogP contribution in [0.25, 0.3) is 6.08 Å². The van der Waals surface area contributed by atoms with Crippen LogP contribution < -0.4 is 5.43 Å². The molecule has 0 aliphatic carbocycles. The summed E-state index contributed by atoms with van der Waals surface area (Å²) in [5.74, 6) is 0.284. The first-order chi connectivity index (χ1) is 14.8. The number of nitrogens with one attached hydrogen (secondary N) is 1. The number of amides is 1. The van der Waals surface area contributed by atoms with Crippen molar-refractivity contribution in [1.82, 2.24) is 15.2 Å². The maximum atomic E-state index is 12.4. The van der Waals surface area contributed by atoms with Gasteiger partial charge in [0.1, 0.15) is 0 Å². The van der Waals surface area contributed by atoms with Gasteiger partial charge in [0.25, 0.3) is 5.91 Å². The van der Waals surface area contributed by atoms with Gasteiger partial charge in [-0.2, -0.15) is 10.2 Å². The molecule has 160 valence electrons. The molecular weight excluding hydrogens is 384 g/mol. The van der Waals surface area contributed by atoms with E-state index in [1.165, 1.54) is 5.56 Å². The Morgan fingerprint density at radius 1 is 1.10 bits per heavy atom. The number of aromatic nitrogens is 2. The summed E-state index contributed by atoms with van der Waals surface area (Å²) in [6.07, 6.45) is 3.69. The largest absolute Gasteiger partial charge is 0.271 e. The van der Waals surface area contributed by atoms with Crippen LogP contribution in [-0.4, -0.2) is 21.9 Å². The minimum absolute atomic E-state index is 0.233. The molecule has 1 amide bonds. The van der Waals surface area contributed by atoms with Crippen molar-refractivity contribution in [2.75, 3.05) is 0 Å². The van der Waals surface area contributed by atoms with E-state index in [0.29, 0.717) is 18.0 Å². The number of allylic oxidation sites excluding steroid dienone is 1. The Kier molecular flexibility index (Phi) is 7.19. The van der Waals surface area contributed by atoms with Crippen LogP contribution in [0.5, 0.6) is 0 Å². The van der Waals surface area contributed by atoms with Crippen molar-refractivity contribution in [2.45, 2.75) is 47.1 Å². The minimum atomic E-state index is -0.233. The quantitative estimate of drug-likeness (QED) is 0.410. The number of hydrogen-bond acceptors (Lipinski definition) is 3. The predicted octanol–water partition coefficient (Wildman–Crippen LogP) is 5.49. The molecule has 2 aromatic carbocycles. The summed E-state index contributed by atoms with van der Waals surface area (Å²) < 4.78 is 1.96. The van der Waals surface area contributed by atoms with Gasteiger partial charge in [-0.15, -0.1) is 0 Å². The van der Waals surface area contributed by atoms with Crippen LogP contribution in [-0.2, 0) is 6.54 Å². The van der Waals surface area contributed by atoms with Crippen LogP contribution in [0.3, 0.4) is 0 Å². The van der Waals surface area contributed by atoms with Crippen molar-refractivity contribution in [2.24, 2.45) is 5.10 Å². The zero-order valence-electron chi connectivity index (χ0n) is 18.9. The van der Waals surface area contributed by atoms with Crippen molar-refractivity contribution in [3.05, 3.63) is 93.8 Å². The third-order valence-corrected chi connectivity index (χ3v) is 5.08. The molecule has 1 heterocycles. The molecule has 31 heavy (non-hydrogen) atoms. The van der Waals surface area contributed by atoms with Crippen LogP contribution in [0.1, 0.15) is 65.1 Å². The molecule has 3 aromatic rings. The fourth-order valence-electron chi connectivity index (χ4n) is 3.30. The number of hydrogen-bond donors (Lipinski definition) is 1. The average molecular weight is 415 g/mol. The molecule has 0 bridgehead atoms. The summed E-state index contributed by atoms with van der Waals surface area (Å²) >= 11 is 0. The Morgan fingerprint density at radius 2 is 1.77 bits per heavy atom. The van der Waals surface area contributed by atoms with Crippen molar-refractivity contribution in [3.63, 3.8) is 0 Å². The van der Waals surface area contributed by atoms with Gasteiger partial charge in [0.05, 0.1) is 18.5 Å². The molecule has 0 unspecified atom stereocenters. The summed E-state index contributed by atoms with van der Waals surface area (Å²) in [6.45, 7) is 11.0. The highest BCUT2D eigenvalue weighted by Crippen LogP contribution is 2.16. The van der Waals surface area contributed by atoms with Crippen LogP contribution in [0.2, 0.25) is 0 Å². The Hall–Kier alpha value is -3.47. The average Bonchev–Trinajstić information content (AvgIpc) is 3.05. The van der Waals surface area contributed by atoms with Gasteiger partial charge in [0, 0.05) is 11.3 Å². The van der Waals surface area contributed by atoms with E-state index < -0.39 is 0 Å². The minimum Gasteiger partial charge on any atom is -0.267 e. The Morgan fingerprint density at radius 3 is 2.35 bits per heavy atom. The highest BCUT2D eigenvalue weighted by molar-refractivity contribution is 5.95. The second-order valence-electron chi connectivity index (χ2n) is 8.19. The molecule has 0 spiro atoms. The fraction of sp³-hybridized carbons (Fsp3) is 0.269. The van der Waals surface area contributed by atoms with E-state index in [0.717, 1.165) is 28.1 Å². The van der Waals surface area contributed by atoms with Crippen LogP contribution in [0.15, 0.2) is 65.3 Å². The maximum Gasteiger partial charge on any atom is 0.271 e. The normalized spacial score (nSPS) is 12.0. The van der Waals surface area contributed by atoms with Crippen LogP contribution in [0.4, 0.5) is 0 Å². The molecule has 5 nitrogen and oxygen atoms in total. The van der Waals surface area contributed by atoms with E-state index in [-0.39, 0.29) is 5.91 Å². The highest BCUT2D eigenvalue weighted by atomic mass is 16.2. The third-order valence-electron chi connectivity index (χ3n) is 5.08.